The maximum atomic E-state index is 13.0. The van der Waals surface area contributed by atoms with Crippen LogP contribution in [-0.4, -0.2) is 65.9 Å². The van der Waals surface area contributed by atoms with Crippen LogP contribution in [0.2, 0.25) is 0 Å². The highest BCUT2D eigenvalue weighted by molar-refractivity contribution is 7.15. The summed E-state index contributed by atoms with van der Waals surface area (Å²) < 4.78 is 0. The van der Waals surface area contributed by atoms with Gasteiger partial charge in [0.05, 0.1) is 5.69 Å². The number of hydrogen-bond acceptors (Lipinski definition) is 5. The second kappa shape index (κ2) is 8.80. The minimum atomic E-state index is 0.137. The largest absolute Gasteiger partial charge is 0.345 e. The standard InChI is InChI=1S/C21H32N4O2S/c1-2-19(26)23-11-13-25(14-12-23)21-22-17-8-7-16(15-18(17)28-21)20(27)24-9-5-3-4-6-10-24/h16H,2-15H2,1H3. The first-order valence-corrected chi connectivity index (χ1v) is 11.8. The summed E-state index contributed by atoms with van der Waals surface area (Å²) in [4.78, 5) is 37.5. The predicted octanol–water partition coefficient (Wildman–Crippen LogP) is 2.71. The average molecular weight is 405 g/mol. The highest BCUT2D eigenvalue weighted by Crippen LogP contribution is 2.35. The average Bonchev–Trinajstić information content (AvgIpc) is 2.97. The highest BCUT2D eigenvalue weighted by Gasteiger charge is 2.32. The van der Waals surface area contributed by atoms with E-state index in [1.165, 1.54) is 23.4 Å². The molecule has 4 rings (SSSR count). The van der Waals surface area contributed by atoms with E-state index in [1.807, 2.05) is 11.8 Å². The number of piperazine rings is 1. The van der Waals surface area contributed by atoms with E-state index < -0.39 is 0 Å². The molecule has 6 nitrogen and oxygen atoms in total. The molecule has 2 amide bonds. The van der Waals surface area contributed by atoms with Crippen LogP contribution < -0.4 is 4.90 Å². The molecule has 0 aromatic carbocycles. The van der Waals surface area contributed by atoms with E-state index in [-0.39, 0.29) is 11.8 Å². The zero-order valence-electron chi connectivity index (χ0n) is 17.0. The molecule has 7 heteroatoms. The zero-order valence-corrected chi connectivity index (χ0v) is 17.8. The second-order valence-electron chi connectivity index (χ2n) is 8.27. The monoisotopic (exact) mass is 404 g/mol. The van der Waals surface area contributed by atoms with Crippen LogP contribution in [-0.2, 0) is 22.4 Å². The van der Waals surface area contributed by atoms with Crippen molar-refractivity contribution in [2.24, 2.45) is 5.92 Å². The Morgan fingerprint density at radius 2 is 1.71 bits per heavy atom. The van der Waals surface area contributed by atoms with Crippen molar-refractivity contribution in [3.63, 3.8) is 0 Å². The predicted molar refractivity (Wildman–Crippen MR) is 112 cm³/mol. The van der Waals surface area contributed by atoms with E-state index >= 15 is 0 Å². The minimum Gasteiger partial charge on any atom is -0.345 e. The van der Waals surface area contributed by atoms with Crippen LogP contribution >= 0.6 is 11.3 Å². The lowest BCUT2D eigenvalue weighted by Crippen LogP contribution is -2.48. The summed E-state index contributed by atoms with van der Waals surface area (Å²) in [5.41, 5.74) is 1.20. The van der Waals surface area contributed by atoms with Crippen molar-refractivity contribution in [1.82, 2.24) is 14.8 Å². The van der Waals surface area contributed by atoms with E-state index in [2.05, 4.69) is 9.80 Å². The van der Waals surface area contributed by atoms with Crippen molar-refractivity contribution >= 4 is 28.3 Å². The van der Waals surface area contributed by atoms with Crippen LogP contribution in [0.4, 0.5) is 5.13 Å². The Labute approximate surface area is 171 Å². The Bertz CT molecular complexity index is 703. The van der Waals surface area contributed by atoms with E-state index in [9.17, 15) is 9.59 Å². The number of thiazole rings is 1. The number of carbonyl (C=O) groups excluding carboxylic acids is 2. The molecule has 3 heterocycles. The molecule has 0 saturated carbocycles. The van der Waals surface area contributed by atoms with Crippen LogP contribution in [0.5, 0.6) is 0 Å². The lowest BCUT2D eigenvalue weighted by atomic mass is 9.90. The fraction of sp³-hybridized carbons (Fsp3) is 0.762. The molecule has 1 aromatic heterocycles. The molecule has 2 saturated heterocycles. The molecule has 2 fully saturated rings. The molecule has 1 unspecified atom stereocenters. The number of nitrogens with zero attached hydrogens (tertiary/aromatic N) is 4. The fourth-order valence-electron chi connectivity index (χ4n) is 4.63. The second-order valence-corrected chi connectivity index (χ2v) is 9.33. The highest BCUT2D eigenvalue weighted by atomic mass is 32.1. The molecule has 0 radical (unpaired) electrons. The van der Waals surface area contributed by atoms with E-state index in [4.69, 9.17) is 4.98 Å². The number of hydrogen-bond donors (Lipinski definition) is 0. The molecule has 1 aliphatic carbocycles. The van der Waals surface area contributed by atoms with Gasteiger partial charge in [-0.05, 0) is 32.1 Å². The van der Waals surface area contributed by atoms with Crippen molar-refractivity contribution < 1.29 is 9.59 Å². The number of rotatable bonds is 3. The SMILES string of the molecule is CCC(=O)N1CCN(c2nc3c(s2)CC(C(=O)N2CCCCCC2)CC3)CC1. The van der Waals surface area contributed by atoms with Crippen LogP contribution in [0, 0.1) is 5.92 Å². The van der Waals surface area contributed by atoms with Crippen molar-refractivity contribution in [2.45, 2.75) is 58.3 Å². The smallest absolute Gasteiger partial charge is 0.226 e. The summed E-state index contributed by atoms with van der Waals surface area (Å²) in [5.74, 6) is 0.750. The Hall–Kier alpha value is -1.63. The third-order valence-corrected chi connectivity index (χ3v) is 7.58. The fourth-order valence-corrected chi connectivity index (χ4v) is 5.87. The zero-order chi connectivity index (χ0) is 19.5. The summed E-state index contributed by atoms with van der Waals surface area (Å²) in [6.45, 7) is 7.09. The molecule has 1 aromatic rings. The van der Waals surface area contributed by atoms with Gasteiger partial charge in [0.1, 0.15) is 0 Å². The third kappa shape index (κ3) is 4.19. The molecule has 1 atom stereocenters. The summed E-state index contributed by atoms with van der Waals surface area (Å²) in [6, 6.07) is 0. The van der Waals surface area contributed by atoms with Gasteiger partial charge in [-0.2, -0.15) is 0 Å². The van der Waals surface area contributed by atoms with Crippen LogP contribution in [0.25, 0.3) is 0 Å². The van der Waals surface area contributed by atoms with Gasteiger partial charge >= 0.3 is 0 Å². The van der Waals surface area contributed by atoms with Gasteiger partial charge in [-0.1, -0.05) is 19.8 Å². The Morgan fingerprint density at radius 3 is 2.39 bits per heavy atom. The van der Waals surface area contributed by atoms with Gasteiger partial charge in [0.15, 0.2) is 5.13 Å². The molecule has 2 aliphatic heterocycles. The molecule has 28 heavy (non-hydrogen) atoms. The van der Waals surface area contributed by atoms with Gasteiger partial charge in [0.2, 0.25) is 11.8 Å². The lowest BCUT2D eigenvalue weighted by molar-refractivity contribution is -0.136. The summed E-state index contributed by atoms with van der Waals surface area (Å²) >= 11 is 1.77. The van der Waals surface area contributed by atoms with Crippen LogP contribution in [0.1, 0.15) is 56.0 Å². The molecular formula is C21H32N4O2S. The van der Waals surface area contributed by atoms with Gasteiger partial charge in [0.25, 0.3) is 0 Å². The number of fused-ring (bicyclic) bond motifs is 1. The van der Waals surface area contributed by atoms with Gasteiger partial charge in [-0.15, -0.1) is 11.3 Å². The van der Waals surface area contributed by atoms with Crippen LogP contribution in [0.3, 0.4) is 0 Å². The topological polar surface area (TPSA) is 56.8 Å². The molecule has 0 spiro atoms. The maximum absolute atomic E-state index is 13.0. The number of likely N-dealkylation sites (tertiary alicyclic amines) is 1. The quantitative estimate of drug-likeness (QED) is 0.777. The number of anilines is 1. The van der Waals surface area contributed by atoms with Crippen molar-refractivity contribution in [2.75, 3.05) is 44.2 Å². The summed E-state index contributed by atoms with van der Waals surface area (Å²) in [5, 5.41) is 1.08. The number of aromatic nitrogens is 1. The van der Waals surface area contributed by atoms with E-state index in [0.717, 1.165) is 76.5 Å². The van der Waals surface area contributed by atoms with Crippen molar-refractivity contribution in [3.05, 3.63) is 10.6 Å². The van der Waals surface area contributed by atoms with Gasteiger partial charge in [-0.25, -0.2) is 4.98 Å². The third-order valence-electron chi connectivity index (χ3n) is 6.40. The van der Waals surface area contributed by atoms with Gasteiger partial charge in [-0.3, -0.25) is 9.59 Å². The molecule has 154 valence electrons. The molecular weight excluding hydrogens is 372 g/mol. The minimum absolute atomic E-state index is 0.137. The van der Waals surface area contributed by atoms with E-state index in [1.54, 1.807) is 11.3 Å². The van der Waals surface area contributed by atoms with Crippen LogP contribution in [0.15, 0.2) is 0 Å². The summed E-state index contributed by atoms with van der Waals surface area (Å²) in [6.07, 6.45) is 8.12. The first kappa shape index (κ1) is 19.7. The van der Waals surface area contributed by atoms with Gasteiger partial charge in [0, 0.05) is 56.5 Å². The van der Waals surface area contributed by atoms with Crippen molar-refractivity contribution in [3.8, 4) is 0 Å². The Kier molecular flexibility index (Phi) is 6.19. The molecule has 0 bridgehead atoms. The first-order valence-electron chi connectivity index (χ1n) is 11.0. The normalized spacial score (nSPS) is 23.3. The number of aryl methyl sites for hydroxylation is 1. The molecule has 3 aliphatic rings. The lowest BCUT2D eigenvalue weighted by Gasteiger charge is -2.34. The van der Waals surface area contributed by atoms with Crippen molar-refractivity contribution in [1.29, 1.82) is 0 Å². The number of carbonyl (C=O) groups is 2. The molecule has 0 N–H and O–H groups in total. The summed E-state index contributed by atoms with van der Waals surface area (Å²) in [7, 11) is 0. The maximum Gasteiger partial charge on any atom is 0.226 e. The Morgan fingerprint density at radius 1 is 1.00 bits per heavy atom. The van der Waals surface area contributed by atoms with Gasteiger partial charge < -0.3 is 14.7 Å². The number of amides is 2. The Balaban J connectivity index is 1.37. The van der Waals surface area contributed by atoms with E-state index in [0.29, 0.717) is 12.3 Å². The first-order chi connectivity index (χ1) is 13.7.